The topological polar surface area (TPSA) is 82.2 Å². The van der Waals surface area contributed by atoms with Crippen molar-refractivity contribution >= 4 is 27.6 Å². The van der Waals surface area contributed by atoms with E-state index in [1.165, 1.54) is 4.90 Å². The third-order valence-electron chi connectivity index (χ3n) is 5.19. The van der Waals surface area contributed by atoms with Crippen LogP contribution in [0.5, 0.6) is 5.75 Å². The predicted octanol–water partition coefficient (Wildman–Crippen LogP) is 0.746. The van der Waals surface area contributed by atoms with Gasteiger partial charge >= 0.3 is 5.63 Å². The van der Waals surface area contributed by atoms with Gasteiger partial charge in [-0.25, -0.2) is 4.79 Å². The maximum atomic E-state index is 12.2. The highest BCUT2D eigenvalue weighted by atomic mass is 16.5. The van der Waals surface area contributed by atoms with Gasteiger partial charge in [0.2, 0.25) is 0 Å². The molecule has 0 radical (unpaired) electrons. The van der Waals surface area contributed by atoms with Gasteiger partial charge < -0.3 is 24.1 Å². The molecule has 1 aliphatic rings. The number of carbonyl (C=O) groups is 1. The van der Waals surface area contributed by atoms with Crippen LogP contribution in [0.4, 0.5) is 0 Å². The Morgan fingerprint density at radius 3 is 2.69 bits per heavy atom. The van der Waals surface area contributed by atoms with Crippen LogP contribution in [-0.4, -0.2) is 51.9 Å². The van der Waals surface area contributed by atoms with Crippen LogP contribution < -0.4 is 20.6 Å². The van der Waals surface area contributed by atoms with Crippen LogP contribution in [0, 0.1) is 0 Å². The maximum absolute atomic E-state index is 12.2. The van der Waals surface area contributed by atoms with E-state index in [4.69, 9.17) is 13.9 Å². The van der Waals surface area contributed by atoms with Gasteiger partial charge in [0.15, 0.2) is 6.61 Å². The van der Waals surface area contributed by atoms with E-state index in [0.29, 0.717) is 23.3 Å². The van der Waals surface area contributed by atoms with Gasteiger partial charge in [-0.3, -0.25) is 4.79 Å². The number of benzene rings is 2. The smallest absolute Gasteiger partial charge is 0.344 e. The van der Waals surface area contributed by atoms with Crippen molar-refractivity contribution in [2.75, 3.05) is 46.0 Å². The average molecular weight is 397 g/mol. The summed E-state index contributed by atoms with van der Waals surface area (Å²) in [6.07, 6.45) is 0.926. The van der Waals surface area contributed by atoms with Gasteiger partial charge in [0.1, 0.15) is 24.4 Å². The van der Waals surface area contributed by atoms with E-state index in [9.17, 15) is 9.59 Å². The molecule has 29 heavy (non-hydrogen) atoms. The second-order valence-corrected chi connectivity index (χ2v) is 7.20. The van der Waals surface area contributed by atoms with Gasteiger partial charge in [-0.15, -0.1) is 0 Å². The zero-order chi connectivity index (χ0) is 20.1. The Hall–Kier alpha value is -2.90. The fraction of sp³-hybridized carbons (Fsp3) is 0.364. The van der Waals surface area contributed by atoms with Crippen LogP contribution in [0.3, 0.4) is 0 Å². The van der Waals surface area contributed by atoms with Gasteiger partial charge in [-0.1, -0.05) is 18.2 Å². The monoisotopic (exact) mass is 397 g/mol. The molecule has 1 aliphatic heterocycles. The van der Waals surface area contributed by atoms with Gasteiger partial charge in [-0.05, 0) is 23.6 Å². The molecule has 0 saturated carbocycles. The molecule has 1 aromatic heterocycles. The van der Waals surface area contributed by atoms with Crippen molar-refractivity contribution in [3.63, 3.8) is 0 Å². The first kappa shape index (κ1) is 19.4. The lowest BCUT2D eigenvalue weighted by Crippen LogP contribution is -3.14. The van der Waals surface area contributed by atoms with Crippen molar-refractivity contribution in [1.29, 1.82) is 0 Å². The number of hydrogen-bond donors (Lipinski definition) is 2. The Kier molecular flexibility index (Phi) is 6.07. The molecule has 2 N–H and O–H groups in total. The van der Waals surface area contributed by atoms with Crippen LogP contribution >= 0.6 is 0 Å². The molecule has 1 fully saturated rings. The Morgan fingerprint density at radius 1 is 1.07 bits per heavy atom. The number of nitrogens with one attached hydrogen (secondary N) is 2. The van der Waals surface area contributed by atoms with Crippen molar-refractivity contribution in [2.45, 2.75) is 6.42 Å². The van der Waals surface area contributed by atoms with E-state index in [1.54, 1.807) is 18.2 Å². The Balaban J connectivity index is 1.30. The van der Waals surface area contributed by atoms with Crippen molar-refractivity contribution in [3.8, 4) is 5.75 Å². The van der Waals surface area contributed by atoms with Crippen molar-refractivity contribution in [3.05, 3.63) is 52.9 Å². The minimum absolute atomic E-state index is 0.0757. The van der Waals surface area contributed by atoms with Gasteiger partial charge in [0.25, 0.3) is 5.91 Å². The lowest BCUT2D eigenvalue weighted by Gasteiger charge is -2.23. The Bertz CT molecular complexity index is 1060. The van der Waals surface area contributed by atoms with Crippen molar-refractivity contribution in [1.82, 2.24) is 5.32 Å². The highest BCUT2D eigenvalue weighted by molar-refractivity contribution is 6.04. The molecule has 2 heterocycles. The Morgan fingerprint density at radius 2 is 1.86 bits per heavy atom. The molecule has 3 aromatic rings. The Labute approximate surface area is 168 Å². The van der Waals surface area contributed by atoms with E-state index < -0.39 is 0 Å². The molecule has 2 aromatic carbocycles. The number of rotatable bonds is 7. The number of fused-ring (bicyclic) bond motifs is 3. The quantitative estimate of drug-likeness (QED) is 0.349. The summed E-state index contributed by atoms with van der Waals surface area (Å²) in [5.74, 6) is 0.325. The highest BCUT2D eigenvalue weighted by Crippen LogP contribution is 2.26. The fourth-order valence-corrected chi connectivity index (χ4v) is 3.63. The molecule has 4 rings (SSSR count). The number of ether oxygens (including phenoxy) is 2. The number of hydrogen-bond acceptors (Lipinski definition) is 5. The molecule has 0 atom stereocenters. The first-order chi connectivity index (χ1) is 14.2. The van der Waals surface area contributed by atoms with Crippen LogP contribution in [0.25, 0.3) is 21.7 Å². The molecule has 1 amide bonds. The fourth-order valence-electron chi connectivity index (χ4n) is 3.63. The first-order valence-corrected chi connectivity index (χ1v) is 9.97. The summed E-state index contributed by atoms with van der Waals surface area (Å²) in [4.78, 5) is 25.7. The molecule has 152 valence electrons. The van der Waals surface area contributed by atoms with E-state index in [2.05, 4.69) is 5.32 Å². The van der Waals surface area contributed by atoms with E-state index in [0.717, 1.165) is 50.0 Å². The minimum atomic E-state index is -0.384. The third-order valence-corrected chi connectivity index (χ3v) is 5.19. The average Bonchev–Trinajstić information content (AvgIpc) is 2.76. The maximum Gasteiger partial charge on any atom is 0.344 e. The molecule has 0 unspecified atom stereocenters. The second kappa shape index (κ2) is 9.07. The molecule has 7 heteroatoms. The summed E-state index contributed by atoms with van der Waals surface area (Å²) in [5.41, 5.74) is 0.0606. The van der Waals surface area contributed by atoms with E-state index >= 15 is 0 Å². The summed E-state index contributed by atoms with van der Waals surface area (Å²) >= 11 is 0. The van der Waals surface area contributed by atoms with Crippen LogP contribution in [0.15, 0.2) is 51.7 Å². The molecular formula is C22H25N2O5+. The summed E-state index contributed by atoms with van der Waals surface area (Å²) in [5, 5.41) is 5.10. The van der Waals surface area contributed by atoms with Crippen molar-refractivity contribution < 1.29 is 23.6 Å². The molecule has 0 bridgehead atoms. The van der Waals surface area contributed by atoms with Crippen LogP contribution in [0.1, 0.15) is 6.42 Å². The molecule has 1 saturated heterocycles. The van der Waals surface area contributed by atoms with Gasteiger partial charge in [0.05, 0.1) is 25.1 Å². The van der Waals surface area contributed by atoms with Gasteiger partial charge in [0, 0.05) is 24.4 Å². The zero-order valence-electron chi connectivity index (χ0n) is 16.2. The SMILES string of the molecule is O=C(COc1ccc2c(c1)oc(=O)c1ccccc12)NCCC[NH+]1CCOCC1. The summed E-state index contributed by atoms with van der Waals surface area (Å²) < 4.78 is 16.3. The second-order valence-electron chi connectivity index (χ2n) is 7.20. The summed E-state index contributed by atoms with van der Waals surface area (Å²) in [6.45, 7) is 5.28. The normalized spacial score (nSPS) is 14.9. The standard InChI is InChI=1S/C22H24N2O5/c25-21(23-8-3-9-24-10-12-27-13-11-24)15-28-16-6-7-18-17-4-1-2-5-19(17)22(26)29-20(18)14-16/h1-2,4-7,14H,3,8-13,15H2,(H,23,25)/p+1. The number of carbonyl (C=O) groups excluding carboxylic acids is 1. The largest absolute Gasteiger partial charge is 0.484 e. The number of amides is 1. The lowest BCUT2D eigenvalue weighted by atomic mass is 10.1. The minimum Gasteiger partial charge on any atom is -0.484 e. The molecular weight excluding hydrogens is 372 g/mol. The summed E-state index contributed by atoms with van der Waals surface area (Å²) in [6, 6.07) is 12.6. The lowest BCUT2D eigenvalue weighted by molar-refractivity contribution is -0.908. The number of morpholine rings is 1. The van der Waals surface area contributed by atoms with E-state index in [1.807, 2.05) is 24.3 Å². The predicted molar refractivity (Wildman–Crippen MR) is 109 cm³/mol. The summed E-state index contributed by atoms with van der Waals surface area (Å²) in [7, 11) is 0. The van der Waals surface area contributed by atoms with Gasteiger partial charge in [-0.2, -0.15) is 0 Å². The molecule has 0 spiro atoms. The highest BCUT2D eigenvalue weighted by Gasteiger charge is 2.13. The first-order valence-electron chi connectivity index (χ1n) is 9.97. The molecule has 0 aliphatic carbocycles. The van der Waals surface area contributed by atoms with Crippen LogP contribution in [-0.2, 0) is 9.53 Å². The van der Waals surface area contributed by atoms with Crippen LogP contribution in [0.2, 0.25) is 0 Å². The third kappa shape index (κ3) is 4.75. The van der Waals surface area contributed by atoms with Crippen molar-refractivity contribution in [2.24, 2.45) is 0 Å². The van der Waals surface area contributed by atoms with E-state index in [-0.39, 0.29) is 18.1 Å². The molecule has 7 nitrogen and oxygen atoms in total. The number of quaternary nitrogens is 1. The zero-order valence-corrected chi connectivity index (χ0v) is 16.2.